The van der Waals surface area contributed by atoms with Gasteiger partial charge in [-0.1, -0.05) is 12.2 Å². The van der Waals surface area contributed by atoms with E-state index >= 15 is 0 Å². The van der Waals surface area contributed by atoms with Gasteiger partial charge in [0.15, 0.2) is 0 Å². The van der Waals surface area contributed by atoms with E-state index in [4.69, 9.17) is 14.2 Å². The highest BCUT2D eigenvalue weighted by Crippen LogP contribution is 2.17. The molecule has 4 heteroatoms. The third-order valence-corrected chi connectivity index (χ3v) is 1.92. The smallest absolute Gasteiger partial charge is 0.303 e. The van der Waals surface area contributed by atoms with Crippen molar-refractivity contribution in [3.8, 4) is 0 Å². The van der Waals surface area contributed by atoms with Crippen LogP contribution in [-0.2, 0) is 19.0 Å². The lowest BCUT2D eigenvalue weighted by Crippen LogP contribution is -2.17. The van der Waals surface area contributed by atoms with E-state index in [-0.39, 0.29) is 25.0 Å². The molecule has 0 saturated heterocycles. The Labute approximate surface area is 89.5 Å². The molecule has 0 saturated carbocycles. The van der Waals surface area contributed by atoms with Crippen LogP contribution in [0.3, 0.4) is 0 Å². The molecule has 0 spiro atoms. The summed E-state index contributed by atoms with van der Waals surface area (Å²) in [5.41, 5.74) is 0. The van der Waals surface area contributed by atoms with Crippen LogP contribution in [0.1, 0.15) is 13.3 Å². The van der Waals surface area contributed by atoms with Crippen molar-refractivity contribution in [1.82, 2.24) is 0 Å². The van der Waals surface area contributed by atoms with Crippen molar-refractivity contribution in [2.24, 2.45) is 0 Å². The van der Waals surface area contributed by atoms with Crippen LogP contribution in [-0.4, -0.2) is 31.6 Å². The third kappa shape index (κ3) is 4.76. The molecule has 1 aliphatic carbocycles. The minimum atomic E-state index is -0.270. The molecular weight excluding hydrogens is 196 g/mol. The molecule has 0 bridgehead atoms. The third-order valence-electron chi connectivity index (χ3n) is 1.92. The molecule has 0 aromatic heterocycles. The van der Waals surface area contributed by atoms with Crippen LogP contribution < -0.4 is 0 Å². The summed E-state index contributed by atoms with van der Waals surface area (Å²) in [5, 5.41) is 0. The lowest BCUT2D eigenvalue weighted by Gasteiger charge is -2.12. The summed E-state index contributed by atoms with van der Waals surface area (Å²) in [6, 6.07) is 0. The Kier molecular flexibility index (Phi) is 5.07. The summed E-state index contributed by atoms with van der Waals surface area (Å²) in [6.07, 6.45) is 5.85. The first-order valence-corrected chi connectivity index (χ1v) is 4.88. The zero-order valence-electron chi connectivity index (χ0n) is 8.85. The average Bonchev–Trinajstić information content (AvgIpc) is 2.59. The molecule has 0 aromatic rings. The van der Waals surface area contributed by atoms with Crippen LogP contribution in [0.4, 0.5) is 0 Å². The van der Waals surface area contributed by atoms with Gasteiger partial charge in [0.05, 0.1) is 12.7 Å². The monoisotopic (exact) mass is 212 g/mol. The first-order valence-electron chi connectivity index (χ1n) is 4.88. The van der Waals surface area contributed by atoms with Crippen molar-refractivity contribution >= 4 is 5.97 Å². The van der Waals surface area contributed by atoms with E-state index in [0.717, 1.165) is 0 Å². The highest BCUT2D eigenvalue weighted by molar-refractivity contribution is 5.66. The number of ether oxygens (including phenoxy) is 3. The van der Waals surface area contributed by atoms with Crippen LogP contribution in [0.5, 0.6) is 0 Å². The minimum absolute atomic E-state index is 0.0286. The van der Waals surface area contributed by atoms with Crippen LogP contribution in [0.15, 0.2) is 24.8 Å². The van der Waals surface area contributed by atoms with Gasteiger partial charge < -0.3 is 14.2 Å². The SMILES string of the molecule is C=CCOCO[C@@H]1C=C[C@H](OC(C)=O)C1. The number of hydrogen-bond acceptors (Lipinski definition) is 4. The van der Waals surface area contributed by atoms with E-state index < -0.39 is 0 Å². The fourth-order valence-corrected chi connectivity index (χ4v) is 1.33. The Morgan fingerprint density at radius 2 is 2.27 bits per heavy atom. The van der Waals surface area contributed by atoms with Crippen molar-refractivity contribution in [2.45, 2.75) is 25.6 Å². The van der Waals surface area contributed by atoms with Crippen molar-refractivity contribution in [3.05, 3.63) is 24.8 Å². The highest BCUT2D eigenvalue weighted by Gasteiger charge is 2.21. The highest BCUT2D eigenvalue weighted by atomic mass is 16.7. The fourth-order valence-electron chi connectivity index (χ4n) is 1.33. The van der Waals surface area contributed by atoms with E-state index in [0.29, 0.717) is 13.0 Å². The van der Waals surface area contributed by atoms with Crippen LogP contribution in [0, 0.1) is 0 Å². The summed E-state index contributed by atoms with van der Waals surface area (Å²) >= 11 is 0. The molecule has 2 atom stereocenters. The molecular formula is C11H16O4. The normalized spacial score (nSPS) is 24.1. The molecule has 1 aliphatic rings. The van der Waals surface area contributed by atoms with E-state index in [1.807, 2.05) is 12.2 Å². The molecule has 0 aromatic carbocycles. The second-order valence-electron chi connectivity index (χ2n) is 3.25. The summed E-state index contributed by atoms with van der Waals surface area (Å²) in [6.45, 7) is 5.63. The van der Waals surface area contributed by atoms with Crippen molar-refractivity contribution in [1.29, 1.82) is 0 Å². The van der Waals surface area contributed by atoms with Gasteiger partial charge in [0, 0.05) is 13.3 Å². The van der Waals surface area contributed by atoms with E-state index in [1.165, 1.54) is 6.92 Å². The summed E-state index contributed by atoms with van der Waals surface area (Å²) in [4.78, 5) is 10.7. The Morgan fingerprint density at radius 1 is 1.53 bits per heavy atom. The maximum atomic E-state index is 10.7. The Hall–Kier alpha value is -1.13. The molecule has 0 heterocycles. The molecule has 4 nitrogen and oxygen atoms in total. The maximum Gasteiger partial charge on any atom is 0.303 e. The van der Waals surface area contributed by atoms with Gasteiger partial charge in [-0.2, -0.15) is 0 Å². The maximum absolute atomic E-state index is 10.7. The topological polar surface area (TPSA) is 44.8 Å². The van der Waals surface area contributed by atoms with E-state index in [1.54, 1.807) is 6.08 Å². The lowest BCUT2D eigenvalue weighted by atomic mass is 10.3. The molecule has 0 fully saturated rings. The van der Waals surface area contributed by atoms with Gasteiger partial charge in [-0.05, 0) is 6.08 Å². The van der Waals surface area contributed by atoms with Crippen molar-refractivity contribution in [3.63, 3.8) is 0 Å². The van der Waals surface area contributed by atoms with Gasteiger partial charge in [-0.15, -0.1) is 6.58 Å². The first-order chi connectivity index (χ1) is 7.22. The van der Waals surface area contributed by atoms with Gasteiger partial charge in [-0.25, -0.2) is 0 Å². The zero-order valence-corrected chi connectivity index (χ0v) is 8.85. The van der Waals surface area contributed by atoms with Gasteiger partial charge in [0.25, 0.3) is 0 Å². The number of esters is 1. The largest absolute Gasteiger partial charge is 0.458 e. The number of rotatable bonds is 6. The second-order valence-corrected chi connectivity index (χ2v) is 3.25. The van der Waals surface area contributed by atoms with Crippen LogP contribution in [0.2, 0.25) is 0 Å². The van der Waals surface area contributed by atoms with Gasteiger partial charge >= 0.3 is 5.97 Å². The summed E-state index contributed by atoms with van der Waals surface area (Å²) < 4.78 is 15.5. The first kappa shape index (κ1) is 11.9. The quantitative estimate of drug-likeness (QED) is 0.289. The lowest BCUT2D eigenvalue weighted by molar-refractivity contribution is -0.145. The molecule has 15 heavy (non-hydrogen) atoms. The predicted molar refractivity (Wildman–Crippen MR) is 55.2 cm³/mol. The number of hydrogen-bond donors (Lipinski definition) is 0. The summed E-state index contributed by atoms with van der Waals surface area (Å²) in [7, 11) is 0. The zero-order chi connectivity index (χ0) is 11.1. The van der Waals surface area contributed by atoms with Crippen LogP contribution in [0.25, 0.3) is 0 Å². The Balaban J connectivity index is 2.12. The van der Waals surface area contributed by atoms with Gasteiger partial charge in [0.2, 0.25) is 0 Å². The minimum Gasteiger partial charge on any atom is -0.458 e. The molecule has 84 valence electrons. The second kappa shape index (κ2) is 6.37. The van der Waals surface area contributed by atoms with E-state index in [2.05, 4.69) is 6.58 Å². The fraction of sp³-hybridized carbons (Fsp3) is 0.545. The van der Waals surface area contributed by atoms with Crippen molar-refractivity contribution < 1.29 is 19.0 Å². The summed E-state index contributed by atoms with van der Waals surface area (Å²) in [5.74, 6) is -0.270. The molecule has 0 unspecified atom stereocenters. The van der Waals surface area contributed by atoms with Crippen LogP contribution >= 0.6 is 0 Å². The van der Waals surface area contributed by atoms with Gasteiger partial charge in [-0.3, -0.25) is 4.79 Å². The Bertz CT molecular complexity index is 247. The average molecular weight is 212 g/mol. The molecule has 1 rings (SSSR count). The standard InChI is InChI=1S/C11H16O4/c1-3-6-13-8-14-10-4-5-11(7-10)15-9(2)12/h3-5,10-11H,1,6-8H2,2H3/t10-,11+/m1/s1. The van der Waals surface area contributed by atoms with Crippen molar-refractivity contribution in [2.75, 3.05) is 13.4 Å². The molecule has 0 aliphatic heterocycles. The number of carbonyl (C=O) groups is 1. The predicted octanol–water partition coefficient (Wildman–Crippen LogP) is 1.42. The molecule has 0 radical (unpaired) electrons. The van der Waals surface area contributed by atoms with Gasteiger partial charge in [0.1, 0.15) is 12.9 Å². The van der Waals surface area contributed by atoms with E-state index in [9.17, 15) is 4.79 Å². The molecule has 0 N–H and O–H groups in total. The molecule has 0 amide bonds. The Morgan fingerprint density at radius 3 is 2.93 bits per heavy atom. The number of carbonyl (C=O) groups excluding carboxylic acids is 1.